The summed E-state index contributed by atoms with van der Waals surface area (Å²) in [6.07, 6.45) is -1.85. The van der Waals surface area contributed by atoms with Crippen molar-refractivity contribution in [2.75, 3.05) is 13.2 Å². The van der Waals surface area contributed by atoms with Crippen LogP contribution >= 0.6 is 0 Å². The Labute approximate surface area is 158 Å². The number of aliphatic hydroxyl groups is 2. The molecule has 27 heavy (non-hydrogen) atoms. The minimum absolute atomic E-state index is 0. The minimum atomic E-state index is -1.00. The Hall–Kier alpha value is -2.90. The van der Waals surface area contributed by atoms with Crippen LogP contribution in [0.4, 0.5) is 0 Å². The van der Waals surface area contributed by atoms with Crippen molar-refractivity contribution in [1.29, 1.82) is 0 Å². The van der Waals surface area contributed by atoms with Crippen molar-refractivity contribution in [3.05, 3.63) is 59.7 Å². The first kappa shape index (κ1) is 22.1. The van der Waals surface area contributed by atoms with Crippen LogP contribution in [-0.4, -0.2) is 52.3 Å². The van der Waals surface area contributed by atoms with Gasteiger partial charge in [-0.1, -0.05) is 44.3 Å². The molecular weight excluding hydrogens is 350 g/mol. The van der Waals surface area contributed by atoms with E-state index in [9.17, 15) is 9.90 Å². The van der Waals surface area contributed by atoms with Gasteiger partial charge in [-0.2, -0.15) is 0 Å². The molecule has 4 rings (SSSR count). The summed E-state index contributed by atoms with van der Waals surface area (Å²) in [5, 5.41) is 30.3. The second-order valence-corrected chi connectivity index (χ2v) is 5.50. The first-order valence-electron chi connectivity index (χ1n) is 7.68. The summed E-state index contributed by atoms with van der Waals surface area (Å²) < 4.78 is 10.4. The van der Waals surface area contributed by atoms with E-state index < -0.39 is 12.2 Å². The highest BCUT2D eigenvalue weighted by Gasteiger charge is 2.26. The Morgan fingerprint density at radius 1 is 0.815 bits per heavy atom. The number of ketones is 1. The third-order valence-corrected chi connectivity index (χ3v) is 3.83. The van der Waals surface area contributed by atoms with Crippen LogP contribution in [0, 0.1) is 0 Å². The van der Waals surface area contributed by atoms with E-state index in [2.05, 4.69) is 5.16 Å². The summed E-state index contributed by atoms with van der Waals surface area (Å²) in [7, 11) is 0. The molecule has 0 spiro atoms. The van der Waals surface area contributed by atoms with Gasteiger partial charge < -0.3 is 24.9 Å². The molecule has 7 nitrogen and oxygen atoms in total. The lowest BCUT2D eigenvalue weighted by atomic mass is 10.0. The second kappa shape index (κ2) is 9.70. The molecule has 3 N–H and O–H groups in total. The van der Waals surface area contributed by atoms with Gasteiger partial charge in [-0.3, -0.25) is 4.79 Å². The molecule has 0 saturated carbocycles. The largest absolute Gasteiger partial charge is 0.490 e. The van der Waals surface area contributed by atoms with Crippen LogP contribution < -0.4 is 9.47 Å². The fraction of sp³-hybridized carbons (Fsp3) is 0.300. The van der Waals surface area contributed by atoms with Gasteiger partial charge in [0.25, 0.3) is 0 Å². The first-order chi connectivity index (χ1) is 12.1. The summed E-state index contributed by atoms with van der Waals surface area (Å²) in [6.45, 7) is 0.201. The van der Waals surface area contributed by atoms with Gasteiger partial charge in [-0.25, -0.2) is 0 Å². The highest BCUT2D eigenvalue weighted by Crippen LogP contribution is 2.25. The Morgan fingerprint density at radius 2 is 1.30 bits per heavy atom. The SMILES string of the molecule is C.C.O=C1c2ccccc2OC[C@H]1O.ON=C1c2ccccc2OC[C@H]1O. The summed E-state index contributed by atoms with van der Waals surface area (Å²) in [4.78, 5) is 11.3. The molecule has 0 fully saturated rings. The van der Waals surface area contributed by atoms with Crippen LogP contribution in [0.5, 0.6) is 11.5 Å². The molecule has 2 heterocycles. The topological polar surface area (TPSA) is 109 Å². The molecule has 2 aliphatic rings. The van der Waals surface area contributed by atoms with Gasteiger partial charge in [0.15, 0.2) is 11.9 Å². The maximum absolute atomic E-state index is 11.3. The number of ether oxygens (including phenoxy) is 2. The standard InChI is InChI=1S/C9H9NO3.C9H8O3.2CH4/c11-7-5-13-8-4-2-1-3-6(8)9(7)10-12;10-7-5-12-8-4-2-1-3-6(8)9(7)11;;/h1-4,7,11-12H,5H2;1-4,7,10H,5H2;2*1H4/t2*7-;;/m11../s1. The summed E-state index contributed by atoms with van der Waals surface area (Å²) >= 11 is 0. The number of hydrogen-bond acceptors (Lipinski definition) is 7. The Balaban J connectivity index is 0.000000252. The number of Topliss-reactive ketones (excluding diaryl/α,β-unsaturated/α-hetero) is 1. The molecular formula is C20H25NO6. The third-order valence-electron chi connectivity index (χ3n) is 3.83. The fourth-order valence-corrected chi connectivity index (χ4v) is 2.57. The monoisotopic (exact) mass is 375 g/mol. The van der Waals surface area contributed by atoms with E-state index in [1.54, 1.807) is 42.5 Å². The van der Waals surface area contributed by atoms with Crippen LogP contribution in [0.1, 0.15) is 30.8 Å². The molecule has 146 valence electrons. The molecule has 0 saturated heterocycles. The van der Waals surface area contributed by atoms with E-state index in [4.69, 9.17) is 19.8 Å². The lowest BCUT2D eigenvalue weighted by molar-refractivity contribution is 0.0558. The van der Waals surface area contributed by atoms with Gasteiger partial charge in [0.1, 0.15) is 36.5 Å². The molecule has 2 atom stereocenters. The smallest absolute Gasteiger partial charge is 0.198 e. The number of nitrogens with zero attached hydrogens (tertiary/aromatic N) is 1. The van der Waals surface area contributed by atoms with Gasteiger partial charge in [0, 0.05) is 5.56 Å². The molecule has 2 aliphatic heterocycles. The molecule has 0 amide bonds. The van der Waals surface area contributed by atoms with Crippen LogP contribution in [0.3, 0.4) is 0 Å². The van der Waals surface area contributed by atoms with E-state index in [1.165, 1.54) is 0 Å². The van der Waals surface area contributed by atoms with Crippen molar-refractivity contribution in [3.8, 4) is 11.5 Å². The zero-order chi connectivity index (χ0) is 17.8. The van der Waals surface area contributed by atoms with E-state index in [0.29, 0.717) is 22.6 Å². The molecule has 0 bridgehead atoms. The molecule has 0 aromatic heterocycles. The molecule has 7 heteroatoms. The molecule has 0 unspecified atom stereocenters. The number of carbonyl (C=O) groups is 1. The van der Waals surface area contributed by atoms with Crippen molar-refractivity contribution in [2.45, 2.75) is 27.1 Å². The van der Waals surface area contributed by atoms with Gasteiger partial charge in [-0.05, 0) is 24.3 Å². The van der Waals surface area contributed by atoms with Crippen LogP contribution in [0.25, 0.3) is 0 Å². The Bertz CT molecular complexity index is 805. The number of rotatable bonds is 0. The lowest BCUT2D eigenvalue weighted by Gasteiger charge is -2.22. The zero-order valence-electron chi connectivity index (χ0n) is 13.2. The van der Waals surface area contributed by atoms with E-state index in [0.717, 1.165) is 0 Å². The lowest BCUT2D eigenvalue weighted by Crippen LogP contribution is -2.33. The maximum atomic E-state index is 11.3. The van der Waals surface area contributed by atoms with Gasteiger partial charge in [-0.15, -0.1) is 0 Å². The van der Waals surface area contributed by atoms with Crippen molar-refractivity contribution in [3.63, 3.8) is 0 Å². The summed E-state index contributed by atoms with van der Waals surface area (Å²) in [6, 6.07) is 14.1. The van der Waals surface area contributed by atoms with Crippen molar-refractivity contribution in [2.24, 2.45) is 5.16 Å². The Kier molecular flexibility index (Phi) is 7.96. The highest BCUT2D eigenvalue weighted by atomic mass is 16.5. The zero-order valence-corrected chi connectivity index (χ0v) is 13.2. The number of benzene rings is 2. The van der Waals surface area contributed by atoms with Crippen molar-refractivity contribution < 1.29 is 29.7 Å². The van der Waals surface area contributed by atoms with Crippen LogP contribution in [0.15, 0.2) is 53.7 Å². The summed E-state index contributed by atoms with van der Waals surface area (Å²) in [5.41, 5.74) is 1.38. The van der Waals surface area contributed by atoms with Gasteiger partial charge in [0.05, 0.1) is 5.56 Å². The van der Waals surface area contributed by atoms with Crippen LogP contribution in [-0.2, 0) is 0 Å². The number of fused-ring (bicyclic) bond motifs is 2. The number of oxime groups is 1. The van der Waals surface area contributed by atoms with Gasteiger partial charge in [0.2, 0.25) is 0 Å². The van der Waals surface area contributed by atoms with Crippen molar-refractivity contribution >= 4 is 11.5 Å². The number of para-hydroxylation sites is 2. The molecule has 2 aromatic carbocycles. The number of carbonyl (C=O) groups excluding carboxylic acids is 1. The Morgan fingerprint density at radius 3 is 1.89 bits per heavy atom. The van der Waals surface area contributed by atoms with E-state index in [1.807, 2.05) is 6.07 Å². The first-order valence-corrected chi connectivity index (χ1v) is 7.68. The van der Waals surface area contributed by atoms with E-state index in [-0.39, 0.29) is 39.6 Å². The fourth-order valence-electron chi connectivity index (χ4n) is 2.57. The normalized spacial score (nSPS) is 21.0. The maximum Gasteiger partial charge on any atom is 0.198 e. The highest BCUT2D eigenvalue weighted by molar-refractivity contribution is 6.06. The summed E-state index contributed by atoms with van der Waals surface area (Å²) in [5.74, 6) is 0.949. The minimum Gasteiger partial charge on any atom is -0.490 e. The quantitative estimate of drug-likeness (QED) is 0.482. The predicted molar refractivity (Wildman–Crippen MR) is 102 cm³/mol. The molecule has 0 aliphatic carbocycles. The predicted octanol–water partition coefficient (Wildman–Crippen LogP) is 2.51. The number of hydrogen-bond donors (Lipinski definition) is 3. The average Bonchev–Trinajstić information content (AvgIpc) is 2.65. The van der Waals surface area contributed by atoms with Crippen LogP contribution in [0.2, 0.25) is 0 Å². The molecule has 0 radical (unpaired) electrons. The molecule has 2 aromatic rings. The average molecular weight is 375 g/mol. The van der Waals surface area contributed by atoms with Crippen molar-refractivity contribution in [1.82, 2.24) is 0 Å². The third kappa shape index (κ3) is 4.64. The number of aliphatic hydroxyl groups excluding tert-OH is 2. The van der Waals surface area contributed by atoms with Gasteiger partial charge >= 0.3 is 0 Å². The second-order valence-electron chi connectivity index (χ2n) is 5.50. The van der Waals surface area contributed by atoms with E-state index >= 15 is 0 Å².